The number of pyridine rings is 1. The predicted molar refractivity (Wildman–Crippen MR) is 59.1 cm³/mol. The van der Waals surface area contributed by atoms with E-state index >= 15 is 0 Å². The first kappa shape index (κ1) is 13.4. The van der Waals surface area contributed by atoms with Crippen LogP contribution in [0.25, 0.3) is 5.65 Å². The SMILES string of the molecule is N#CCSc1nnc2c([C]=O)ccc(C(F)(F)F)n12. The Labute approximate surface area is 109 Å². The van der Waals surface area contributed by atoms with Crippen LogP contribution in [0, 0.1) is 11.3 Å². The molecule has 2 heterocycles. The van der Waals surface area contributed by atoms with Crippen LogP contribution in [-0.4, -0.2) is 26.6 Å². The molecule has 0 bridgehead atoms. The summed E-state index contributed by atoms with van der Waals surface area (Å²) in [7, 11) is 0. The highest BCUT2D eigenvalue weighted by Crippen LogP contribution is 2.32. The molecule has 0 atom stereocenters. The van der Waals surface area contributed by atoms with Crippen molar-refractivity contribution < 1.29 is 18.0 Å². The van der Waals surface area contributed by atoms with Gasteiger partial charge in [0.15, 0.2) is 10.8 Å². The Morgan fingerprint density at radius 3 is 2.68 bits per heavy atom. The Morgan fingerprint density at radius 2 is 2.11 bits per heavy atom. The molecule has 0 N–H and O–H groups in total. The van der Waals surface area contributed by atoms with Crippen LogP contribution in [0.1, 0.15) is 11.3 Å². The lowest BCUT2D eigenvalue weighted by Gasteiger charge is -2.10. The van der Waals surface area contributed by atoms with Gasteiger partial charge in [-0.3, -0.25) is 9.20 Å². The van der Waals surface area contributed by atoms with Gasteiger partial charge in [0.25, 0.3) is 0 Å². The average molecular weight is 285 g/mol. The molecule has 1 radical (unpaired) electrons. The molecule has 0 saturated heterocycles. The maximum absolute atomic E-state index is 12.9. The predicted octanol–water partition coefficient (Wildman–Crippen LogP) is 1.82. The molecule has 0 saturated carbocycles. The van der Waals surface area contributed by atoms with E-state index in [1.54, 1.807) is 6.07 Å². The number of nitrogens with zero attached hydrogens (tertiary/aromatic N) is 4. The minimum Gasteiger partial charge on any atom is -0.285 e. The third-order valence-electron chi connectivity index (χ3n) is 2.19. The van der Waals surface area contributed by atoms with E-state index in [1.807, 2.05) is 0 Å². The molecule has 9 heteroatoms. The van der Waals surface area contributed by atoms with E-state index in [-0.39, 0.29) is 22.1 Å². The molecule has 97 valence electrons. The smallest absolute Gasteiger partial charge is 0.285 e. The van der Waals surface area contributed by atoms with Crippen LogP contribution in [-0.2, 0) is 11.0 Å². The number of aromatic nitrogens is 3. The van der Waals surface area contributed by atoms with Gasteiger partial charge in [-0.05, 0) is 12.1 Å². The summed E-state index contributed by atoms with van der Waals surface area (Å²) >= 11 is 0.804. The van der Waals surface area contributed by atoms with Gasteiger partial charge < -0.3 is 0 Å². The van der Waals surface area contributed by atoms with Crippen molar-refractivity contribution >= 4 is 23.7 Å². The summed E-state index contributed by atoms with van der Waals surface area (Å²) in [6, 6.07) is 3.52. The summed E-state index contributed by atoms with van der Waals surface area (Å²) in [5.74, 6) is -0.0763. The lowest BCUT2D eigenvalue weighted by Crippen LogP contribution is -2.13. The van der Waals surface area contributed by atoms with Gasteiger partial charge in [-0.2, -0.15) is 18.4 Å². The molecule has 0 aliphatic heterocycles. The molecule has 0 amide bonds. The Balaban J connectivity index is 2.73. The van der Waals surface area contributed by atoms with E-state index in [1.165, 1.54) is 6.29 Å². The van der Waals surface area contributed by atoms with Gasteiger partial charge in [0.05, 0.1) is 17.4 Å². The van der Waals surface area contributed by atoms with Gasteiger partial charge in [0.1, 0.15) is 5.69 Å². The third-order valence-corrected chi connectivity index (χ3v) is 2.99. The quantitative estimate of drug-likeness (QED) is 0.804. The van der Waals surface area contributed by atoms with Crippen molar-refractivity contribution in [3.63, 3.8) is 0 Å². The van der Waals surface area contributed by atoms with Crippen LogP contribution in [0.4, 0.5) is 13.2 Å². The van der Waals surface area contributed by atoms with Crippen molar-refractivity contribution in [2.75, 3.05) is 5.75 Å². The molecule has 0 unspecified atom stereocenters. The normalized spacial score (nSPS) is 11.5. The highest BCUT2D eigenvalue weighted by molar-refractivity contribution is 7.99. The number of carbonyl (C=O) groups excluding carboxylic acids is 1. The summed E-state index contributed by atoms with van der Waals surface area (Å²) in [4.78, 5) is 10.7. The standard InChI is InChI=1S/C10H4F3N4OS/c11-10(12,13)7-2-1-6(5-18)8-15-16-9(17(7)8)19-4-3-14/h1-2H,4H2. The number of thioether (sulfide) groups is 1. The van der Waals surface area contributed by atoms with Crippen molar-refractivity contribution in [3.8, 4) is 6.07 Å². The minimum absolute atomic E-state index is 0.0763. The second-order valence-corrected chi connectivity index (χ2v) is 4.26. The molecule has 2 aromatic rings. The Hall–Kier alpha value is -2.08. The number of hydrogen-bond acceptors (Lipinski definition) is 5. The summed E-state index contributed by atoms with van der Waals surface area (Å²) in [6.45, 7) is 0. The first-order chi connectivity index (χ1) is 8.99. The van der Waals surface area contributed by atoms with Gasteiger partial charge >= 0.3 is 6.18 Å². The van der Waals surface area contributed by atoms with Crippen LogP contribution in [0.15, 0.2) is 17.3 Å². The van der Waals surface area contributed by atoms with Crippen molar-refractivity contribution in [2.45, 2.75) is 11.3 Å². The molecule has 0 aromatic carbocycles. The zero-order valence-electron chi connectivity index (χ0n) is 9.10. The number of halogens is 3. The monoisotopic (exact) mass is 285 g/mol. The summed E-state index contributed by atoms with van der Waals surface area (Å²) in [5.41, 5.74) is -1.36. The lowest BCUT2D eigenvalue weighted by molar-refractivity contribution is -0.142. The van der Waals surface area contributed by atoms with E-state index in [0.717, 1.165) is 23.9 Å². The molecule has 2 aromatic heterocycles. The number of nitriles is 1. The summed E-state index contributed by atoms with van der Waals surface area (Å²) in [5, 5.41) is 15.5. The van der Waals surface area contributed by atoms with Crippen LogP contribution < -0.4 is 0 Å². The number of rotatable bonds is 3. The molecular formula is C10H4F3N4OS. The van der Waals surface area contributed by atoms with Gasteiger partial charge in [-0.1, -0.05) is 11.8 Å². The molecule has 2 rings (SSSR count). The van der Waals surface area contributed by atoms with Crippen molar-refractivity contribution in [1.29, 1.82) is 5.26 Å². The number of fused-ring (bicyclic) bond motifs is 1. The topological polar surface area (TPSA) is 71.0 Å². The Bertz CT molecular complexity index is 674. The largest absolute Gasteiger partial charge is 0.431 e. The fourth-order valence-electron chi connectivity index (χ4n) is 1.46. The van der Waals surface area contributed by atoms with E-state index in [0.29, 0.717) is 4.40 Å². The molecule has 0 fully saturated rings. The molecule has 5 nitrogen and oxygen atoms in total. The van der Waals surface area contributed by atoms with Crippen molar-refractivity contribution in [3.05, 3.63) is 23.4 Å². The first-order valence-electron chi connectivity index (χ1n) is 4.82. The van der Waals surface area contributed by atoms with Gasteiger partial charge in [-0.15, -0.1) is 10.2 Å². The summed E-state index contributed by atoms with van der Waals surface area (Å²) in [6.07, 6.45) is -3.12. The highest BCUT2D eigenvalue weighted by atomic mass is 32.2. The minimum atomic E-state index is -4.62. The van der Waals surface area contributed by atoms with Crippen molar-refractivity contribution in [2.24, 2.45) is 0 Å². The lowest BCUT2D eigenvalue weighted by atomic mass is 10.2. The average Bonchev–Trinajstić information content (AvgIpc) is 2.77. The summed E-state index contributed by atoms with van der Waals surface area (Å²) < 4.78 is 39.4. The van der Waals surface area contributed by atoms with E-state index in [2.05, 4.69) is 10.2 Å². The van der Waals surface area contributed by atoms with E-state index in [9.17, 15) is 18.0 Å². The number of hydrogen-bond donors (Lipinski definition) is 0. The van der Waals surface area contributed by atoms with Crippen LogP contribution in [0.5, 0.6) is 0 Å². The van der Waals surface area contributed by atoms with Crippen molar-refractivity contribution in [1.82, 2.24) is 14.6 Å². The van der Waals surface area contributed by atoms with Crippen LogP contribution in [0.3, 0.4) is 0 Å². The maximum atomic E-state index is 12.9. The Morgan fingerprint density at radius 1 is 1.37 bits per heavy atom. The van der Waals surface area contributed by atoms with Gasteiger partial charge in [-0.25, -0.2) is 0 Å². The highest BCUT2D eigenvalue weighted by Gasteiger charge is 2.35. The second-order valence-electron chi connectivity index (χ2n) is 3.32. The number of alkyl halides is 3. The molecule has 0 spiro atoms. The van der Waals surface area contributed by atoms with Crippen LogP contribution in [0.2, 0.25) is 0 Å². The van der Waals surface area contributed by atoms with E-state index in [4.69, 9.17) is 5.26 Å². The third kappa shape index (κ3) is 2.39. The zero-order chi connectivity index (χ0) is 14.0. The van der Waals surface area contributed by atoms with Gasteiger partial charge in [0, 0.05) is 0 Å². The molecule has 0 aliphatic rings. The maximum Gasteiger partial charge on any atom is 0.431 e. The fourth-order valence-corrected chi connectivity index (χ4v) is 2.07. The fraction of sp³-hybridized carbons (Fsp3) is 0.200. The second kappa shape index (κ2) is 4.89. The molecular weight excluding hydrogens is 281 g/mol. The molecule has 0 aliphatic carbocycles. The zero-order valence-corrected chi connectivity index (χ0v) is 9.92. The Kier molecular flexibility index (Phi) is 3.44. The van der Waals surface area contributed by atoms with E-state index < -0.39 is 11.9 Å². The van der Waals surface area contributed by atoms with Crippen LogP contribution >= 0.6 is 11.8 Å². The van der Waals surface area contributed by atoms with Gasteiger partial charge in [0.2, 0.25) is 6.29 Å². The first-order valence-corrected chi connectivity index (χ1v) is 5.81. The molecule has 19 heavy (non-hydrogen) atoms.